The van der Waals surface area contributed by atoms with Crippen molar-refractivity contribution in [3.8, 4) is 0 Å². The van der Waals surface area contributed by atoms with E-state index in [2.05, 4.69) is 5.32 Å². The van der Waals surface area contributed by atoms with Gasteiger partial charge in [-0.15, -0.1) is 12.4 Å². The first kappa shape index (κ1) is 18.1. The zero-order valence-electron chi connectivity index (χ0n) is 11.7. The van der Waals surface area contributed by atoms with Crippen LogP contribution in [0.5, 0.6) is 0 Å². The number of ether oxygens (including phenoxy) is 1. The summed E-state index contributed by atoms with van der Waals surface area (Å²) >= 11 is 0. The average molecular weight is 294 g/mol. The molecule has 0 radical (unpaired) electrons. The Hall–Kier alpha value is -0.850. The SMILES string of the molecule is CC(C)NC(=O)CN(C)C(=O)[C@@H]1CC[C@H](CN)O1.Cl. The lowest BCUT2D eigenvalue weighted by Gasteiger charge is -2.21. The molecule has 0 aromatic carbocycles. The van der Waals surface area contributed by atoms with Crippen LogP contribution >= 0.6 is 12.4 Å². The number of amides is 2. The van der Waals surface area contributed by atoms with Gasteiger partial charge in [0.1, 0.15) is 6.10 Å². The first-order chi connectivity index (χ1) is 8.43. The molecule has 112 valence electrons. The van der Waals surface area contributed by atoms with Crippen LogP contribution in [-0.4, -0.2) is 55.1 Å². The summed E-state index contributed by atoms with van der Waals surface area (Å²) in [5, 5.41) is 2.75. The van der Waals surface area contributed by atoms with Gasteiger partial charge in [-0.3, -0.25) is 9.59 Å². The van der Waals surface area contributed by atoms with Crippen molar-refractivity contribution in [3.05, 3.63) is 0 Å². The number of rotatable bonds is 5. The summed E-state index contributed by atoms with van der Waals surface area (Å²) in [6.45, 7) is 4.25. The highest BCUT2D eigenvalue weighted by molar-refractivity contribution is 5.87. The van der Waals surface area contributed by atoms with E-state index in [0.29, 0.717) is 13.0 Å². The van der Waals surface area contributed by atoms with Crippen LogP contribution in [0, 0.1) is 0 Å². The molecule has 1 aliphatic rings. The summed E-state index contributed by atoms with van der Waals surface area (Å²) < 4.78 is 5.51. The molecule has 1 rings (SSSR count). The van der Waals surface area contributed by atoms with E-state index in [1.165, 1.54) is 4.90 Å². The minimum absolute atomic E-state index is 0. The van der Waals surface area contributed by atoms with E-state index in [0.717, 1.165) is 6.42 Å². The van der Waals surface area contributed by atoms with Crippen LogP contribution in [0.4, 0.5) is 0 Å². The minimum atomic E-state index is -0.449. The van der Waals surface area contributed by atoms with Gasteiger partial charge in [0.05, 0.1) is 12.6 Å². The average Bonchev–Trinajstić information content (AvgIpc) is 2.75. The third-order valence-corrected chi connectivity index (χ3v) is 2.85. The van der Waals surface area contributed by atoms with E-state index < -0.39 is 6.10 Å². The van der Waals surface area contributed by atoms with E-state index in [1.54, 1.807) is 7.05 Å². The number of carbonyl (C=O) groups excluding carboxylic acids is 2. The molecular formula is C12H24ClN3O3. The quantitative estimate of drug-likeness (QED) is 0.741. The molecule has 1 aliphatic heterocycles. The zero-order valence-corrected chi connectivity index (χ0v) is 12.5. The maximum absolute atomic E-state index is 12.0. The van der Waals surface area contributed by atoms with Gasteiger partial charge in [-0.1, -0.05) is 0 Å². The van der Waals surface area contributed by atoms with Crippen molar-refractivity contribution >= 4 is 24.2 Å². The summed E-state index contributed by atoms with van der Waals surface area (Å²) in [6, 6.07) is 0.0744. The monoisotopic (exact) mass is 293 g/mol. The van der Waals surface area contributed by atoms with Gasteiger partial charge in [-0.25, -0.2) is 0 Å². The Labute approximate surface area is 120 Å². The number of hydrogen-bond acceptors (Lipinski definition) is 4. The smallest absolute Gasteiger partial charge is 0.251 e. The lowest BCUT2D eigenvalue weighted by atomic mass is 10.2. The number of carbonyl (C=O) groups is 2. The van der Waals surface area contributed by atoms with Crippen LogP contribution < -0.4 is 11.1 Å². The number of nitrogens with zero attached hydrogens (tertiary/aromatic N) is 1. The van der Waals surface area contributed by atoms with Crippen molar-refractivity contribution < 1.29 is 14.3 Å². The molecule has 7 heteroatoms. The Morgan fingerprint density at radius 2 is 2.05 bits per heavy atom. The molecule has 0 unspecified atom stereocenters. The molecule has 0 aromatic heterocycles. The molecule has 0 aliphatic carbocycles. The summed E-state index contributed by atoms with van der Waals surface area (Å²) in [6.07, 6.45) is 1.00. The second-order valence-electron chi connectivity index (χ2n) is 4.98. The second kappa shape index (κ2) is 8.35. The van der Waals surface area contributed by atoms with E-state index >= 15 is 0 Å². The summed E-state index contributed by atoms with van der Waals surface area (Å²) in [5.74, 6) is -0.306. The van der Waals surface area contributed by atoms with Crippen molar-refractivity contribution in [2.45, 2.75) is 44.9 Å². The molecule has 0 aromatic rings. The first-order valence-corrected chi connectivity index (χ1v) is 6.34. The number of hydrogen-bond donors (Lipinski definition) is 2. The molecule has 19 heavy (non-hydrogen) atoms. The first-order valence-electron chi connectivity index (χ1n) is 6.34. The molecule has 1 fully saturated rings. The predicted octanol–water partition coefficient (Wildman–Crippen LogP) is -0.102. The highest BCUT2D eigenvalue weighted by Gasteiger charge is 2.32. The van der Waals surface area contributed by atoms with Crippen LogP contribution in [0.25, 0.3) is 0 Å². The van der Waals surface area contributed by atoms with Gasteiger partial charge >= 0.3 is 0 Å². The van der Waals surface area contributed by atoms with Crippen LogP contribution in [0.2, 0.25) is 0 Å². The maximum atomic E-state index is 12.0. The van der Waals surface area contributed by atoms with E-state index in [1.807, 2.05) is 13.8 Å². The zero-order chi connectivity index (χ0) is 13.7. The molecule has 3 N–H and O–H groups in total. The lowest BCUT2D eigenvalue weighted by molar-refractivity contribution is -0.144. The maximum Gasteiger partial charge on any atom is 0.251 e. The Balaban J connectivity index is 0.00000324. The highest BCUT2D eigenvalue weighted by Crippen LogP contribution is 2.20. The van der Waals surface area contributed by atoms with Crippen LogP contribution in [-0.2, 0) is 14.3 Å². The van der Waals surface area contributed by atoms with Gasteiger partial charge in [0.25, 0.3) is 5.91 Å². The molecule has 2 atom stereocenters. The van der Waals surface area contributed by atoms with Crippen molar-refractivity contribution in [1.29, 1.82) is 0 Å². The van der Waals surface area contributed by atoms with E-state index in [-0.39, 0.29) is 42.9 Å². The third kappa shape index (κ3) is 5.76. The fourth-order valence-corrected chi connectivity index (χ4v) is 1.97. The Kier molecular flexibility index (Phi) is 7.97. The van der Waals surface area contributed by atoms with Crippen molar-refractivity contribution in [3.63, 3.8) is 0 Å². The summed E-state index contributed by atoms with van der Waals surface area (Å²) in [5.41, 5.74) is 5.49. The van der Waals surface area contributed by atoms with Crippen molar-refractivity contribution in [2.24, 2.45) is 5.73 Å². The van der Waals surface area contributed by atoms with Crippen LogP contribution in [0.1, 0.15) is 26.7 Å². The highest BCUT2D eigenvalue weighted by atomic mass is 35.5. The number of likely N-dealkylation sites (N-methyl/N-ethyl adjacent to an activating group) is 1. The van der Waals surface area contributed by atoms with Gasteiger partial charge in [0.2, 0.25) is 5.91 Å². The number of nitrogens with one attached hydrogen (secondary N) is 1. The van der Waals surface area contributed by atoms with Crippen molar-refractivity contribution in [1.82, 2.24) is 10.2 Å². The molecule has 0 saturated carbocycles. The minimum Gasteiger partial charge on any atom is -0.364 e. The lowest BCUT2D eigenvalue weighted by Crippen LogP contribution is -2.44. The normalized spacial score (nSPS) is 21.9. The van der Waals surface area contributed by atoms with E-state index in [4.69, 9.17) is 10.5 Å². The Morgan fingerprint density at radius 3 is 2.53 bits per heavy atom. The number of nitrogens with two attached hydrogens (primary N) is 1. The van der Waals surface area contributed by atoms with E-state index in [9.17, 15) is 9.59 Å². The van der Waals surface area contributed by atoms with Gasteiger partial charge in [-0.2, -0.15) is 0 Å². The van der Waals surface area contributed by atoms with Crippen molar-refractivity contribution in [2.75, 3.05) is 20.1 Å². The molecular weight excluding hydrogens is 270 g/mol. The van der Waals surface area contributed by atoms with Gasteiger partial charge < -0.3 is 20.7 Å². The van der Waals surface area contributed by atoms with Crippen LogP contribution in [0.3, 0.4) is 0 Å². The standard InChI is InChI=1S/C12H23N3O3.ClH/c1-8(2)14-11(16)7-15(3)12(17)10-5-4-9(6-13)18-10;/h8-10H,4-7,13H2,1-3H3,(H,14,16);1H/t9-,10+;/m1./s1. The predicted molar refractivity (Wildman–Crippen MR) is 75.1 cm³/mol. The fourth-order valence-electron chi connectivity index (χ4n) is 1.97. The Bertz CT molecular complexity index is 313. The molecule has 1 heterocycles. The molecule has 1 saturated heterocycles. The molecule has 2 amide bonds. The van der Waals surface area contributed by atoms with Gasteiger partial charge in [-0.05, 0) is 26.7 Å². The van der Waals surface area contributed by atoms with Gasteiger partial charge in [0.15, 0.2) is 0 Å². The molecule has 0 spiro atoms. The second-order valence-corrected chi connectivity index (χ2v) is 4.98. The number of halogens is 1. The molecule has 6 nitrogen and oxygen atoms in total. The Morgan fingerprint density at radius 1 is 1.42 bits per heavy atom. The third-order valence-electron chi connectivity index (χ3n) is 2.85. The topological polar surface area (TPSA) is 84.7 Å². The fraction of sp³-hybridized carbons (Fsp3) is 0.833. The summed E-state index contributed by atoms with van der Waals surface area (Å²) in [4.78, 5) is 25.0. The summed E-state index contributed by atoms with van der Waals surface area (Å²) in [7, 11) is 1.61. The largest absolute Gasteiger partial charge is 0.364 e. The van der Waals surface area contributed by atoms with Crippen LogP contribution in [0.15, 0.2) is 0 Å². The molecule has 0 bridgehead atoms. The van der Waals surface area contributed by atoms with Gasteiger partial charge in [0, 0.05) is 19.6 Å².